The van der Waals surface area contributed by atoms with Crippen LogP contribution in [-0.4, -0.2) is 76.4 Å². The first-order valence-electron chi connectivity index (χ1n) is 8.82. The molecule has 26 heavy (non-hydrogen) atoms. The zero-order valence-electron chi connectivity index (χ0n) is 14.4. The number of carbonyl (C=O) groups excluding carboxylic acids is 1. The van der Waals surface area contributed by atoms with Crippen LogP contribution in [0.25, 0.3) is 5.65 Å². The molecule has 4 rings (SSSR count). The summed E-state index contributed by atoms with van der Waals surface area (Å²) in [6.45, 7) is 3.78. The zero-order valence-corrected chi connectivity index (χ0v) is 14.4. The van der Waals surface area contributed by atoms with E-state index in [4.69, 9.17) is 9.84 Å². The van der Waals surface area contributed by atoms with E-state index in [1.807, 2.05) is 6.07 Å². The molecular formula is C17H21N5O4. The fourth-order valence-electron chi connectivity index (χ4n) is 3.83. The summed E-state index contributed by atoms with van der Waals surface area (Å²) in [7, 11) is 0. The second-order valence-electron chi connectivity index (χ2n) is 6.60. The molecule has 9 heteroatoms. The number of morpholine rings is 1. The highest BCUT2D eigenvalue weighted by molar-refractivity contribution is 5.80. The van der Waals surface area contributed by atoms with Gasteiger partial charge >= 0.3 is 6.09 Å². The first-order chi connectivity index (χ1) is 12.7. The number of anilines is 1. The number of carboxylic acid groups (broad SMARTS) is 1. The summed E-state index contributed by atoms with van der Waals surface area (Å²) >= 11 is 0. The summed E-state index contributed by atoms with van der Waals surface area (Å²) in [4.78, 5) is 30.9. The first-order valence-corrected chi connectivity index (χ1v) is 8.82. The van der Waals surface area contributed by atoms with Gasteiger partial charge in [-0.25, -0.2) is 14.3 Å². The Morgan fingerprint density at radius 2 is 1.96 bits per heavy atom. The molecule has 0 radical (unpaired) electrons. The lowest BCUT2D eigenvalue weighted by Gasteiger charge is -2.30. The molecule has 2 aromatic rings. The van der Waals surface area contributed by atoms with E-state index in [0.717, 1.165) is 30.8 Å². The van der Waals surface area contributed by atoms with Gasteiger partial charge in [0.05, 0.1) is 30.8 Å². The molecule has 2 aliphatic rings. The van der Waals surface area contributed by atoms with Gasteiger partial charge in [-0.1, -0.05) is 0 Å². The van der Waals surface area contributed by atoms with Crippen molar-refractivity contribution in [1.82, 2.24) is 19.5 Å². The summed E-state index contributed by atoms with van der Waals surface area (Å²) in [6, 6.07) is 1.92. The summed E-state index contributed by atoms with van der Waals surface area (Å²) in [5.74, 6) is 0.0632. The Morgan fingerprint density at radius 3 is 2.62 bits per heavy atom. The predicted octanol–water partition coefficient (Wildman–Crippen LogP) is 1.24. The summed E-state index contributed by atoms with van der Waals surface area (Å²) in [5.41, 5.74) is 2.80. The number of ether oxygens (including phenoxy) is 1. The van der Waals surface area contributed by atoms with Crippen molar-refractivity contribution in [1.29, 1.82) is 0 Å². The Labute approximate surface area is 150 Å². The quantitative estimate of drug-likeness (QED) is 0.823. The number of aromatic nitrogens is 3. The highest BCUT2D eigenvalue weighted by atomic mass is 16.5. The van der Waals surface area contributed by atoms with Gasteiger partial charge in [-0.3, -0.25) is 4.79 Å². The molecule has 2 aromatic heterocycles. The molecule has 2 saturated heterocycles. The number of rotatable bonds is 3. The minimum atomic E-state index is -0.898. The average molecular weight is 359 g/mol. The van der Waals surface area contributed by atoms with Crippen LogP contribution >= 0.6 is 0 Å². The number of piperidine rings is 1. The lowest BCUT2D eigenvalue weighted by atomic mass is 9.92. The normalized spacial score (nSPS) is 19.1. The van der Waals surface area contributed by atoms with E-state index in [9.17, 15) is 9.59 Å². The van der Waals surface area contributed by atoms with Crippen LogP contribution in [0, 0.1) is 0 Å². The lowest BCUT2D eigenvalue weighted by molar-refractivity contribution is 0.111. The molecule has 0 saturated carbocycles. The van der Waals surface area contributed by atoms with Crippen molar-refractivity contribution in [2.24, 2.45) is 0 Å². The van der Waals surface area contributed by atoms with Gasteiger partial charge < -0.3 is 19.6 Å². The highest BCUT2D eigenvalue weighted by Gasteiger charge is 2.29. The van der Waals surface area contributed by atoms with E-state index in [2.05, 4.69) is 15.0 Å². The minimum Gasteiger partial charge on any atom is -0.465 e. The molecule has 2 aliphatic heterocycles. The van der Waals surface area contributed by atoms with Crippen molar-refractivity contribution >= 4 is 23.7 Å². The molecule has 0 spiro atoms. The Bertz CT molecular complexity index is 822. The van der Waals surface area contributed by atoms with Gasteiger partial charge in [0.2, 0.25) is 0 Å². The number of imidazole rings is 1. The SMILES string of the molecule is O=Cc1nc2c(N3CCOCC3)ccnn2c1C1CCN(C(=O)O)CC1. The maximum Gasteiger partial charge on any atom is 0.407 e. The van der Waals surface area contributed by atoms with Gasteiger partial charge in [0.25, 0.3) is 0 Å². The number of hydrogen-bond donors (Lipinski definition) is 1. The van der Waals surface area contributed by atoms with Crippen LogP contribution in [0.15, 0.2) is 12.3 Å². The van der Waals surface area contributed by atoms with Crippen molar-refractivity contribution in [2.75, 3.05) is 44.3 Å². The zero-order chi connectivity index (χ0) is 18.1. The van der Waals surface area contributed by atoms with Crippen molar-refractivity contribution in [3.05, 3.63) is 23.7 Å². The molecule has 1 amide bonds. The van der Waals surface area contributed by atoms with Gasteiger partial charge in [0, 0.05) is 32.1 Å². The van der Waals surface area contributed by atoms with Gasteiger partial charge in [-0.2, -0.15) is 5.10 Å². The molecule has 9 nitrogen and oxygen atoms in total. The van der Waals surface area contributed by atoms with Crippen molar-refractivity contribution in [2.45, 2.75) is 18.8 Å². The van der Waals surface area contributed by atoms with Gasteiger partial charge in [0.1, 0.15) is 5.69 Å². The van der Waals surface area contributed by atoms with Gasteiger partial charge in [0.15, 0.2) is 11.9 Å². The second-order valence-corrected chi connectivity index (χ2v) is 6.60. The van der Waals surface area contributed by atoms with Crippen molar-refractivity contribution < 1.29 is 19.4 Å². The standard InChI is InChI=1S/C17H21N5O4/c23-11-13-15(12-2-5-21(6-3-12)17(24)25)22-16(19-13)14(1-4-18-22)20-7-9-26-10-8-20/h1,4,11-12H,2-3,5-10H2,(H,24,25). The van der Waals surface area contributed by atoms with Crippen LogP contribution in [-0.2, 0) is 4.74 Å². The topological polar surface area (TPSA) is 100 Å². The molecule has 0 atom stereocenters. The van der Waals surface area contributed by atoms with Crippen LogP contribution < -0.4 is 4.90 Å². The van der Waals surface area contributed by atoms with E-state index in [0.29, 0.717) is 50.5 Å². The molecule has 1 N–H and O–H groups in total. The Morgan fingerprint density at radius 1 is 1.23 bits per heavy atom. The molecule has 0 bridgehead atoms. The number of likely N-dealkylation sites (tertiary alicyclic amines) is 1. The molecule has 4 heterocycles. The third-order valence-electron chi connectivity index (χ3n) is 5.18. The molecule has 0 aromatic carbocycles. The average Bonchev–Trinajstić information content (AvgIpc) is 3.07. The third-order valence-corrected chi connectivity index (χ3v) is 5.18. The number of amides is 1. The smallest absolute Gasteiger partial charge is 0.407 e. The lowest BCUT2D eigenvalue weighted by Crippen LogP contribution is -2.37. The fraction of sp³-hybridized carbons (Fsp3) is 0.529. The number of nitrogens with zero attached hydrogens (tertiary/aromatic N) is 5. The van der Waals surface area contributed by atoms with Crippen molar-refractivity contribution in [3.63, 3.8) is 0 Å². The van der Waals surface area contributed by atoms with Crippen LogP contribution in [0.4, 0.5) is 10.5 Å². The van der Waals surface area contributed by atoms with E-state index in [1.165, 1.54) is 4.90 Å². The summed E-state index contributed by atoms with van der Waals surface area (Å²) < 4.78 is 7.17. The summed E-state index contributed by atoms with van der Waals surface area (Å²) in [5, 5.41) is 13.6. The molecule has 2 fully saturated rings. The van der Waals surface area contributed by atoms with Gasteiger partial charge in [-0.15, -0.1) is 0 Å². The van der Waals surface area contributed by atoms with Crippen LogP contribution in [0.2, 0.25) is 0 Å². The van der Waals surface area contributed by atoms with Crippen molar-refractivity contribution in [3.8, 4) is 0 Å². The molecule has 0 aliphatic carbocycles. The van der Waals surface area contributed by atoms with Crippen LogP contribution in [0.5, 0.6) is 0 Å². The third kappa shape index (κ3) is 2.88. The molecule has 138 valence electrons. The minimum absolute atomic E-state index is 0.0632. The highest BCUT2D eigenvalue weighted by Crippen LogP contribution is 2.32. The number of fused-ring (bicyclic) bond motifs is 1. The van der Waals surface area contributed by atoms with Crippen LogP contribution in [0.1, 0.15) is 34.9 Å². The van der Waals surface area contributed by atoms with Gasteiger partial charge in [-0.05, 0) is 18.9 Å². The number of hydrogen-bond acceptors (Lipinski definition) is 6. The first kappa shape index (κ1) is 16.8. The molecular weight excluding hydrogens is 338 g/mol. The molecule has 0 unspecified atom stereocenters. The Balaban J connectivity index is 1.71. The Kier molecular flexibility index (Phi) is 4.46. The van der Waals surface area contributed by atoms with E-state index < -0.39 is 6.09 Å². The predicted molar refractivity (Wildman–Crippen MR) is 93.0 cm³/mol. The monoisotopic (exact) mass is 359 g/mol. The van der Waals surface area contributed by atoms with E-state index in [-0.39, 0.29) is 5.92 Å². The largest absolute Gasteiger partial charge is 0.465 e. The maximum absolute atomic E-state index is 11.7. The Hall–Kier alpha value is -2.68. The van der Waals surface area contributed by atoms with Crippen LogP contribution in [0.3, 0.4) is 0 Å². The number of aldehydes is 1. The fourth-order valence-corrected chi connectivity index (χ4v) is 3.83. The van der Waals surface area contributed by atoms with E-state index >= 15 is 0 Å². The maximum atomic E-state index is 11.7. The number of carbonyl (C=O) groups is 2. The summed E-state index contributed by atoms with van der Waals surface area (Å²) in [6.07, 6.45) is 2.92. The van der Waals surface area contributed by atoms with E-state index in [1.54, 1.807) is 10.7 Å². The second kappa shape index (κ2) is 6.91.